The lowest BCUT2D eigenvalue weighted by Gasteiger charge is -2.41. The minimum absolute atomic E-state index is 0.245. The van der Waals surface area contributed by atoms with Crippen molar-refractivity contribution < 1.29 is 19.4 Å². The number of ether oxygens (including phenoxy) is 2. The number of piperidine rings is 1. The maximum Gasteiger partial charge on any atom is 0.337 e. The van der Waals surface area contributed by atoms with Crippen LogP contribution in [0.3, 0.4) is 0 Å². The van der Waals surface area contributed by atoms with Gasteiger partial charge in [-0.3, -0.25) is 9.88 Å². The Morgan fingerprint density at radius 3 is 2.40 bits per heavy atom. The Bertz CT molecular complexity index is 1570. The fourth-order valence-electron chi connectivity index (χ4n) is 6.77. The zero-order chi connectivity index (χ0) is 32.7. The summed E-state index contributed by atoms with van der Waals surface area (Å²) in [4.78, 5) is 22.6. The molecule has 2 aromatic carbocycles. The van der Waals surface area contributed by atoms with Gasteiger partial charge < -0.3 is 19.5 Å². The molecule has 7 nitrogen and oxygen atoms in total. The van der Waals surface area contributed by atoms with Crippen molar-refractivity contribution in [2.75, 3.05) is 31.6 Å². The number of fused-ring (bicyclic) bond motifs is 1. The maximum atomic E-state index is 12.8. The first-order valence-electron chi connectivity index (χ1n) is 16.0. The van der Waals surface area contributed by atoms with E-state index in [1.54, 1.807) is 7.11 Å². The van der Waals surface area contributed by atoms with Gasteiger partial charge >= 0.3 is 5.97 Å². The number of carboxylic acids is 1. The lowest BCUT2D eigenvalue weighted by atomic mass is 9.81. The number of rotatable bonds is 8. The van der Waals surface area contributed by atoms with Crippen LogP contribution in [0.5, 0.6) is 5.75 Å². The molecule has 2 aliphatic rings. The Morgan fingerprint density at radius 1 is 1.04 bits per heavy atom. The van der Waals surface area contributed by atoms with Crippen molar-refractivity contribution >= 4 is 23.3 Å². The average molecular weight is 634 g/mol. The molecule has 3 heterocycles. The van der Waals surface area contributed by atoms with Crippen LogP contribution in [-0.4, -0.2) is 53.3 Å². The van der Waals surface area contributed by atoms with Crippen molar-refractivity contribution in [1.82, 2.24) is 9.88 Å². The second-order valence-corrected chi connectivity index (χ2v) is 14.9. The zero-order valence-electron chi connectivity index (χ0n) is 28.1. The van der Waals surface area contributed by atoms with Crippen LogP contribution in [0, 0.1) is 19.3 Å². The number of anilines is 1. The van der Waals surface area contributed by atoms with Gasteiger partial charge in [0.15, 0.2) is 6.10 Å². The molecular formula is C37H48ClN3O4. The molecule has 0 unspecified atom stereocenters. The number of halogens is 1. The van der Waals surface area contributed by atoms with Crippen molar-refractivity contribution in [2.24, 2.45) is 5.41 Å². The average Bonchev–Trinajstić information content (AvgIpc) is 2.95. The number of hydrogen-bond donors (Lipinski definition) is 1. The van der Waals surface area contributed by atoms with Crippen molar-refractivity contribution in [3.05, 3.63) is 75.1 Å². The van der Waals surface area contributed by atoms with Gasteiger partial charge in [0, 0.05) is 65.8 Å². The van der Waals surface area contributed by atoms with Crippen LogP contribution in [0.25, 0.3) is 11.1 Å². The molecule has 1 aromatic heterocycles. The first-order chi connectivity index (χ1) is 21.2. The quantitative estimate of drug-likeness (QED) is 0.268. The highest BCUT2D eigenvalue weighted by molar-refractivity contribution is 6.30. The molecule has 1 N–H and O–H groups in total. The SMILES string of the molecule is COc1ccc(Cl)cc1CN1CCc2cc(-c3c(C)nc(C)c([C@H](OC(C)(C)C)C(=O)O)c3N3CCC(C)(C)CC3)ccc2C1. The lowest BCUT2D eigenvalue weighted by molar-refractivity contribution is -0.160. The second kappa shape index (κ2) is 12.9. The summed E-state index contributed by atoms with van der Waals surface area (Å²) >= 11 is 6.31. The lowest BCUT2D eigenvalue weighted by Crippen LogP contribution is -2.39. The van der Waals surface area contributed by atoms with Crippen molar-refractivity contribution in [3.8, 4) is 16.9 Å². The molecule has 3 aromatic rings. The smallest absolute Gasteiger partial charge is 0.337 e. The largest absolute Gasteiger partial charge is 0.496 e. The highest BCUT2D eigenvalue weighted by Gasteiger charge is 2.36. The minimum Gasteiger partial charge on any atom is -0.496 e. The topological polar surface area (TPSA) is 75.1 Å². The minimum atomic E-state index is -1.13. The molecule has 45 heavy (non-hydrogen) atoms. The summed E-state index contributed by atoms with van der Waals surface area (Å²) < 4.78 is 11.9. The van der Waals surface area contributed by atoms with E-state index in [-0.39, 0.29) is 5.41 Å². The number of pyridine rings is 1. The molecule has 8 heteroatoms. The van der Waals surface area contributed by atoms with Crippen LogP contribution >= 0.6 is 11.6 Å². The van der Waals surface area contributed by atoms with Crippen LogP contribution in [0.4, 0.5) is 5.69 Å². The van der Waals surface area contributed by atoms with Crippen LogP contribution in [-0.2, 0) is 29.0 Å². The van der Waals surface area contributed by atoms with Gasteiger partial charge in [0.25, 0.3) is 0 Å². The van der Waals surface area contributed by atoms with E-state index in [1.165, 1.54) is 11.1 Å². The summed E-state index contributed by atoms with van der Waals surface area (Å²) in [5.41, 5.74) is 8.60. The summed E-state index contributed by atoms with van der Waals surface area (Å²) in [7, 11) is 1.69. The maximum absolute atomic E-state index is 12.8. The van der Waals surface area contributed by atoms with E-state index in [2.05, 4.69) is 41.8 Å². The van der Waals surface area contributed by atoms with E-state index in [1.807, 2.05) is 52.8 Å². The van der Waals surface area contributed by atoms with E-state index in [4.69, 9.17) is 26.1 Å². The Hall–Kier alpha value is -3.13. The summed E-state index contributed by atoms with van der Waals surface area (Å²) in [6, 6.07) is 12.5. The Labute approximate surface area is 273 Å². The third kappa shape index (κ3) is 7.48. The highest BCUT2D eigenvalue weighted by Crippen LogP contribution is 2.45. The number of carbonyl (C=O) groups is 1. The first kappa shape index (κ1) is 33.2. The summed E-state index contributed by atoms with van der Waals surface area (Å²) in [5, 5.41) is 11.2. The van der Waals surface area contributed by atoms with Crippen molar-refractivity contribution in [1.29, 1.82) is 0 Å². The van der Waals surface area contributed by atoms with Gasteiger partial charge in [-0.15, -0.1) is 0 Å². The van der Waals surface area contributed by atoms with E-state index >= 15 is 0 Å². The van der Waals surface area contributed by atoms with E-state index in [0.29, 0.717) is 16.3 Å². The van der Waals surface area contributed by atoms with Crippen LogP contribution in [0.2, 0.25) is 5.02 Å². The predicted molar refractivity (Wildman–Crippen MR) is 181 cm³/mol. The zero-order valence-corrected chi connectivity index (χ0v) is 28.8. The Kier molecular flexibility index (Phi) is 9.55. The molecule has 0 saturated carbocycles. The third-order valence-corrected chi connectivity index (χ3v) is 9.43. The number of benzene rings is 2. The predicted octanol–water partition coefficient (Wildman–Crippen LogP) is 8.15. The number of carboxylic acid groups (broad SMARTS) is 1. The molecule has 0 radical (unpaired) electrons. The third-order valence-electron chi connectivity index (χ3n) is 9.19. The van der Waals surface area contributed by atoms with E-state index in [9.17, 15) is 9.90 Å². The normalized spacial score (nSPS) is 17.6. The molecular weight excluding hydrogens is 586 g/mol. The van der Waals surface area contributed by atoms with Gasteiger partial charge in [0.05, 0.1) is 18.4 Å². The standard InChI is InChI=1S/C37H48ClN3O4/c1-23-31(26-9-10-27-21-40(16-13-25(27)19-26)22-28-20-29(38)11-12-30(28)44-8)33(41-17-14-37(6,7)15-18-41)32(24(2)39-23)34(35(42)43)45-36(3,4)5/h9-12,19-20,34H,13-18,21-22H2,1-8H3,(H,42,43)/t34-/m0/s1. The van der Waals surface area contributed by atoms with E-state index < -0.39 is 17.7 Å². The summed E-state index contributed by atoms with van der Waals surface area (Å²) in [6.45, 7) is 18.5. The first-order valence-corrected chi connectivity index (χ1v) is 16.4. The van der Waals surface area contributed by atoms with Gasteiger partial charge in [0.2, 0.25) is 0 Å². The van der Waals surface area contributed by atoms with Crippen molar-refractivity contribution in [2.45, 2.75) is 92.5 Å². The Balaban J connectivity index is 1.56. The van der Waals surface area contributed by atoms with Gasteiger partial charge in [-0.05, 0) is 94.2 Å². The van der Waals surface area contributed by atoms with Gasteiger partial charge in [-0.1, -0.05) is 43.6 Å². The number of aryl methyl sites for hydroxylation is 2. The summed E-state index contributed by atoms with van der Waals surface area (Å²) in [6.07, 6.45) is 1.84. The van der Waals surface area contributed by atoms with Gasteiger partial charge in [0.1, 0.15) is 5.75 Å². The Morgan fingerprint density at radius 2 is 1.76 bits per heavy atom. The molecule has 242 valence electrons. The molecule has 0 spiro atoms. The molecule has 0 bridgehead atoms. The molecule has 1 saturated heterocycles. The van der Waals surface area contributed by atoms with Crippen molar-refractivity contribution in [3.63, 3.8) is 0 Å². The molecule has 0 amide bonds. The molecule has 1 atom stereocenters. The number of aliphatic carboxylic acids is 1. The molecule has 5 rings (SSSR count). The second-order valence-electron chi connectivity index (χ2n) is 14.4. The number of hydrogen-bond acceptors (Lipinski definition) is 6. The van der Waals surface area contributed by atoms with Gasteiger partial charge in [-0.25, -0.2) is 4.79 Å². The highest BCUT2D eigenvalue weighted by atomic mass is 35.5. The fourth-order valence-corrected chi connectivity index (χ4v) is 6.96. The number of methoxy groups -OCH3 is 1. The number of aromatic nitrogens is 1. The number of nitrogens with zero attached hydrogens (tertiary/aromatic N) is 3. The van der Waals surface area contributed by atoms with E-state index in [0.717, 1.165) is 85.8 Å². The fraction of sp³-hybridized carbons (Fsp3) is 0.514. The van der Waals surface area contributed by atoms with Gasteiger partial charge in [-0.2, -0.15) is 0 Å². The van der Waals surface area contributed by atoms with Crippen LogP contribution < -0.4 is 9.64 Å². The van der Waals surface area contributed by atoms with Crippen LogP contribution in [0.1, 0.15) is 87.2 Å². The molecule has 1 fully saturated rings. The summed E-state index contributed by atoms with van der Waals surface area (Å²) in [5.74, 6) is -0.146. The van der Waals surface area contributed by atoms with Crippen LogP contribution in [0.15, 0.2) is 36.4 Å². The monoisotopic (exact) mass is 633 g/mol. The molecule has 0 aliphatic carbocycles. The molecule has 2 aliphatic heterocycles.